The zero-order valence-corrected chi connectivity index (χ0v) is 16.7. The molecule has 136 valence electrons. The van der Waals surface area contributed by atoms with Crippen LogP contribution in [0.25, 0.3) is 11.0 Å². The van der Waals surface area contributed by atoms with Crippen molar-refractivity contribution >= 4 is 38.6 Å². The Balaban J connectivity index is 1.96. The van der Waals surface area contributed by atoms with Crippen molar-refractivity contribution in [2.24, 2.45) is 7.05 Å². The number of fused-ring (bicyclic) bond motifs is 1. The second-order valence-electron chi connectivity index (χ2n) is 6.22. The Labute approximate surface area is 159 Å². The van der Waals surface area contributed by atoms with Crippen molar-refractivity contribution in [3.8, 4) is 0 Å². The minimum atomic E-state index is -0.292. The molecule has 0 spiro atoms. The topological polar surface area (TPSA) is 73.0 Å². The van der Waals surface area contributed by atoms with Crippen LogP contribution in [0.1, 0.15) is 18.1 Å². The van der Waals surface area contributed by atoms with Crippen LogP contribution in [0.4, 0.5) is 5.69 Å². The number of amides is 1. The Morgan fingerprint density at radius 3 is 2.69 bits per heavy atom. The number of aromatic nitrogens is 4. The van der Waals surface area contributed by atoms with Gasteiger partial charge in [-0.3, -0.25) is 14.2 Å². The van der Waals surface area contributed by atoms with Crippen LogP contribution >= 0.6 is 15.9 Å². The smallest absolute Gasteiger partial charge is 0.266 e. The van der Waals surface area contributed by atoms with Crippen molar-refractivity contribution < 1.29 is 4.79 Å². The molecule has 3 aromatic rings. The number of hydrogen-bond acceptors (Lipinski definition) is 4. The number of rotatable bonds is 4. The predicted molar refractivity (Wildman–Crippen MR) is 104 cm³/mol. The molecular weight excluding hydrogens is 398 g/mol. The maximum atomic E-state index is 12.9. The second-order valence-corrected chi connectivity index (χ2v) is 6.97. The first-order valence-corrected chi connectivity index (χ1v) is 9.08. The van der Waals surface area contributed by atoms with Crippen LogP contribution in [0.15, 0.2) is 33.9 Å². The average molecular weight is 418 g/mol. The van der Waals surface area contributed by atoms with Crippen molar-refractivity contribution in [2.75, 3.05) is 11.4 Å². The number of halogens is 1. The van der Waals surface area contributed by atoms with Crippen LogP contribution in [0, 0.1) is 13.8 Å². The van der Waals surface area contributed by atoms with E-state index in [0.29, 0.717) is 22.2 Å². The Kier molecular flexibility index (Phi) is 4.95. The normalized spacial score (nSPS) is 11.1. The number of anilines is 1. The highest BCUT2D eigenvalue weighted by atomic mass is 79.9. The maximum absolute atomic E-state index is 12.9. The Hall–Kier alpha value is -2.48. The van der Waals surface area contributed by atoms with Crippen molar-refractivity contribution in [1.29, 1.82) is 0 Å². The maximum Gasteiger partial charge on any atom is 0.266 e. The molecule has 0 saturated heterocycles. The van der Waals surface area contributed by atoms with E-state index in [1.54, 1.807) is 11.9 Å². The summed E-state index contributed by atoms with van der Waals surface area (Å²) in [5, 5.41) is 4.52. The third-order valence-corrected chi connectivity index (χ3v) is 4.89. The highest BCUT2D eigenvalue weighted by Crippen LogP contribution is 2.22. The first-order valence-electron chi connectivity index (χ1n) is 8.28. The molecule has 1 amide bonds. The molecule has 0 unspecified atom stereocenters. The first kappa shape index (κ1) is 18.3. The molecule has 0 aliphatic heterocycles. The fourth-order valence-electron chi connectivity index (χ4n) is 3.07. The van der Waals surface area contributed by atoms with Gasteiger partial charge in [0.25, 0.3) is 5.56 Å². The van der Waals surface area contributed by atoms with Gasteiger partial charge < -0.3 is 4.90 Å². The van der Waals surface area contributed by atoms with Crippen LogP contribution in [-0.4, -0.2) is 31.8 Å². The number of benzene rings is 1. The van der Waals surface area contributed by atoms with E-state index >= 15 is 0 Å². The molecule has 3 rings (SSSR count). The Bertz CT molecular complexity index is 1050. The molecular formula is C18H20BrN5O2. The fraction of sp³-hybridized carbons (Fsp3) is 0.333. The molecule has 1 aromatic carbocycles. The number of hydrogen-bond donors (Lipinski definition) is 0. The summed E-state index contributed by atoms with van der Waals surface area (Å²) in [5.41, 5.74) is 3.21. The molecule has 0 aliphatic rings. The molecule has 0 saturated carbocycles. The highest BCUT2D eigenvalue weighted by Gasteiger charge is 2.19. The SMILES string of the molecule is CCN(C(=O)Cn1cnc2c(c(Br)nn2C)c1=O)c1ccc(C)cc1C. The highest BCUT2D eigenvalue weighted by molar-refractivity contribution is 9.10. The zero-order chi connectivity index (χ0) is 19.0. The lowest BCUT2D eigenvalue weighted by molar-refractivity contribution is -0.119. The summed E-state index contributed by atoms with van der Waals surface area (Å²) in [6.45, 7) is 6.35. The van der Waals surface area contributed by atoms with Gasteiger partial charge in [-0.1, -0.05) is 17.7 Å². The lowest BCUT2D eigenvalue weighted by atomic mass is 10.1. The van der Waals surface area contributed by atoms with Crippen LogP contribution in [0.3, 0.4) is 0 Å². The monoisotopic (exact) mass is 417 g/mol. The number of aryl methyl sites for hydroxylation is 3. The summed E-state index contributed by atoms with van der Waals surface area (Å²) in [6, 6.07) is 5.95. The molecule has 2 aromatic heterocycles. The van der Waals surface area contributed by atoms with Gasteiger partial charge in [0.2, 0.25) is 5.91 Å². The van der Waals surface area contributed by atoms with Crippen LogP contribution in [-0.2, 0) is 18.4 Å². The van der Waals surface area contributed by atoms with Gasteiger partial charge in [0, 0.05) is 19.3 Å². The van der Waals surface area contributed by atoms with Crippen molar-refractivity contribution in [1.82, 2.24) is 19.3 Å². The lowest BCUT2D eigenvalue weighted by Gasteiger charge is -2.23. The summed E-state index contributed by atoms with van der Waals surface area (Å²) in [6.07, 6.45) is 1.40. The molecule has 0 atom stereocenters. The largest absolute Gasteiger partial charge is 0.311 e. The van der Waals surface area contributed by atoms with Crippen molar-refractivity contribution in [2.45, 2.75) is 27.3 Å². The lowest BCUT2D eigenvalue weighted by Crippen LogP contribution is -2.37. The average Bonchev–Trinajstić information content (AvgIpc) is 2.87. The second kappa shape index (κ2) is 7.03. The minimum Gasteiger partial charge on any atom is -0.311 e. The Morgan fingerprint density at radius 1 is 1.31 bits per heavy atom. The van der Waals surface area contributed by atoms with Crippen LogP contribution < -0.4 is 10.5 Å². The van der Waals surface area contributed by atoms with Gasteiger partial charge in [-0.05, 0) is 48.3 Å². The minimum absolute atomic E-state index is 0.0791. The number of nitrogens with zero attached hydrogens (tertiary/aromatic N) is 5. The summed E-state index contributed by atoms with van der Waals surface area (Å²) in [7, 11) is 1.72. The third-order valence-electron chi connectivity index (χ3n) is 4.33. The quantitative estimate of drug-likeness (QED) is 0.653. The number of likely N-dealkylation sites (N-methyl/N-ethyl adjacent to an activating group) is 1. The van der Waals surface area contributed by atoms with E-state index in [9.17, 15) is 9.59 Å². The molecule has 26 heavy (non-hydrogen) atoms. The molecule has 0 fully saturated rings. The zero-order valence-electron chi connectivity index (χ0n) is 15.2. The van der Waals surface area contributed by atoms with E-state index in [1.807, 2.05) is 39.0 Å². The molecule has 0 N–H and O–H groups in total. The fourth-order valence-corrected chi connectivity index (χ4v) is 3.65. The van der Waals surface area contributed by atoms with E-state index in [1.165, 1.54) is 15.6 Å². The van der Waals surface area contributed by atoms with Crippen LogP contribution in [0.5, 0.6) is 0 Å². The predicted octanol–water partition coefficient (Wildman–Crippen LogP) is 2.56. The molecule has 2 heterocycles. The number of carbonyl (C=O) groups is 1. The van der Waals surface area contributed by atoms with Gasteiger partial charge in [0.15, 0.2) is 5.65 Å². The standard InChI is InChI=1S/C18H20BrN5O2/c1-5-24(13-7-6-11(2)8-12(13)3)14(25)9-23-10-20-17-15(18(23)26)16(19)21-22(17)4/h6-8,10H,5,9H2,1-4H3. The summed E-state index contributed by atoms with van der Waals surface area (Å²) >= 11 is 3.28. The van der Waals surface area contributed by atoms with Gasteiger partial charge in [-0.2, -0.15) is 5.10 Å². The first-order chi connectivity index (χ1) is 12.3. The molecule has 0 radical (unpaired) electrons. The van der Waals surface area contributed by atoms with Gasteiger partial charge in [-0.25, -0.2) is 9.67 Å². The van der Waals surface area contributed by atoms with E-state index in [-0.39, 0.29) is 18.0 Å². The molecule has 7 nitrogen and oxygen atoms in total. The Morgan fingerprint density at radius 2 is 2.04 bits per heavy atom. The van der Waals surface area contributed by atoms with Gasteiger partial charge in [0.05, 0.1) is 0 Å². The third kappa shape index (κ3) is 3.16. The van der Waals surface area contributed by atoms with E-state index in [0.717, 1.165) is 16.8 Å². The molecule has 0 aliphatic carbocycles. The van der Waals surface area contributed by atoms with Crippen molar-refractivity contribution in [3.63, 3.8) is 0 Å². The van der Waals surface area contributed by atoms with Crippen LogP contribution in [0.2, 0.25) is 0 Å². The summed E-state index contributed by atoms with van der Waals surface area (Å²) < 4.78 is 3.28. The molecule has 8 heteroatoms. The van der Waals surface area contributed by atoms with Crippen molar-refractivity contribution in [3.05, 3.63) is 50.6 Å². The van der Waals surface area contributed by atoms with Gasteiger partial charge in [0.1, 0.15) is 22.9 Å². The van der Waals surface area contributed by atoms with E-state index < -0.39 is 0 Å². The van der Waals surface area contributed by atoms with Gasteiger partial charge in [-0.15, -0.1) is 0 Å². The van der Waals surface area contributed by atoms with E-state index in [2.05, 4.69) is 26.0 Å². The summed E-state index contributed by atoms with van der Waals surface area (Å²) in [5.74, 6) is -0.164. The number of carbonyl (C=O) groups excluding carboxylic acids is 1. The van der Waals surface area contributed by atoms with E-state index in [4.69, 9.17) is 0 Å². The van der Waals surface area contributed by atoms with Gasteiger partial charge >= 0.3 is 0 Å². The summed E-state index contributed by atoms with van der Waals surface area (Å²) in [4.78, 5) is 31.5. The molecule has 0 bridgehead atoms.